The minimum absolute atomic E-state index is 0.120. The van der Waals surface area contributed by atoms with Crippen LogP contribution in [0, 0.1) is 5.41 Å². The minimum atomic E-state index is -2.03. The predicted molar refractivity (Wildman–Crippen MR) is 131 cm³/mol. The van der Waals surface area contributed by atoms with Crippen LogP contribution in [0.1, 0.15) is 64.2 Å². The van der Waals surface area contributed by atoms with Gasteiger partial charge >= 0.3 is 12.1 Å². The number of benzene rings is 2. The zero-order valence-corrected chi connectivity index (χ0v) is 21.5. The van der Waals surface area contributed by atoms with Crippen molar-refractivity contribution in [1.29, 1.82) is 0 Å². The molecule has 1 saturated heterocycles. The zero-order valence-electron chi connectivity index (χ0n) is 21.5. The summed E-state index contributed by atoms with van der Waals surface area (Å²) in [7, 11) is 1.27. The highest BCUT2D eigenvalue weighted by Gasteiger charge is 2.72. The second-order valence-electron chi connectivity index (χ2n) is 11.5. The van der Waals surface area contributed by atoms with Gasteiger partial charge in [-0.1, -0.05) is 63.2 Å². The Bertz CT molecular complexity index is 1130. The first-order valence-corrected chi connectivity index (χ1v) is 11.9. The number of hydrogen-bond acceptors (Lipinski definition) is 6. The molecule has 1 fully saturated rings. The number of carbonyl (C=O) groups excluding carboxylic acids is 2. The average molecular weight is 482 g/mol. The van der Waals surface area contributed by atoms with E-state index in [1.807, 2.05) is 48.5 Å². The van der Waals surface area contributed by atoms with E-state index in [1.165, 1.54) is 12.0 Å². The van der Waals surface area contributed by atoms with E-state index in [1.54, 1.807) is 20.8 Å². The third-order valence-electron chi connectivity index (χ3n) is 6.83. The summed E-state index contributed by atoms with van der Waals surface area (Å²) in [4.78, 5) is 28.0. The maximum atomic E-state index is 14.1. The van der Waals surface area contributed by atoms with Crippen LogP contribution < -0.4 is 4.74 Å². The Kier molecular flexibility index (Phi) is 5.91. The monoisotopic (exact) mass is 481 g/mol. The first-order chi connectivity index (χ1) is 16.2. The van der Waals surface area contributed by atoms with Gasteiger partial charge in [0, 0.05) is 18.0 Å². The lowest BCUT2D eigenvalue weighted by atomic mass is 9.63. The molecule has 2 aliphatic heterocycles. The molecule has 0 bridgehead atoms. The van der Waals surface area contributed by atoms with Crippen molar-refractivity contribution in [1.82, 2.24) is 4.90 Å². The smallest absolute Gasteiger partial charge is 0.409 e. The molecular formula is C28H35NO6. The summed E-state index contributed by atoms with van der Waals surface area (Å²) in [6, 6.07) is 15.4. The summed E-state index contributed by atoms with van der Waals surface area (Å²) < 4.78 is 17.2. The van der Waals surface area contributed by atoms with Gasteiger partial charge in [-0.05, 0) is 43.4 Å². The highest BCUT2D eigenvalue weighted by atomic mass is 16.6. The fourth-order valence-electron chi connectivity index (χ4n) is 5.17. The van der Waals surface area contributed by atoms with Gasteiger partial charge < -0.3 is 24.2 Å². The van der Waals surface area contributed by atoms with Gasteiger partial charge in [0.1, 0.15) is 11.4 Å². The van der Waals surface area contributed by atoms with E-state index in [-0.39, 0.29) is 18.5 Å². The molecule has 2 aromatic carbocycles. The molecule has 4 rings (SSSR count). The molecule has 1 N–H and O–H groups in total. The van der Waals surface area contributed by atoms with Crippen LogP contribution in [0.2, 0.25) is 0 Å². The highest BCUT2D eigenvalue weighted by molar-refractivity contribution is 5.85. The minimum Gasteiger partial charge on any atom is -0.459 e. The van der Waals surface area contributed by atoms with Crippen molar-refractivity contribution in [3.8, 4) is 5.75 Å². The number of rotatable bonds is 2. The van der Waals surface area contributed by atoms with Crippen LogP contribution >= 0.6 is 0 Å². The third-order valence-corrected chi connectivity index (χ3v) is 6.83. The number of methoxy groups -OCH3 is 1. The van der Waals surface area contributed by atoms with Crippen molar-refractivity contribution in [2.75, 3.05) is 20.2 Å². The van der Waals surface area contributed by atoms with Crippen molar-refractivity contribution in [3.05, 3.63) is 65.2 Å². The average Bonchev–Trinajstić information content (AvgIpc) is 3.08. The van der Waals surface area contributed by atoms with E-state index in [0.717, 1.165) is 16.7 Å². The van der Waals surface area contributed by atoms with Crippen LogP contribution in [-0.4, -0.2) is 53.7 Å². The Labute approximate surface area is 207 Å². The topological polar surface area (TPSA) is 85.3 Å². The van der Waals surface area contributed by atoms with Crippen molar-refractivity contribution >= 4 is 12.1 Å². The van der Waals surface area contributed by atoms with Gasteiger partial charge in [-0.2, -0.15) is 0 Å². The molecule has 1 amide bonds. The lowest BCUT2D eigenvalue weighted by molar-refractivity contribution is -0.229. The van der Waals surface area contributed by atoms with E-state index in [0.29, 0.717) is 5.75 Å². The predicted octanol–water partition coefficient (Wildman–Crippen LogP) is 4.61. The first-order valence-electron chi connectivity index (χ1n) is 11.9. The molecule has 2 aromatic rings. The number of aliphatic hydroxyl groups is 1. The lowest BCUT2D eigenvalue weighted by Gasteiger charge is -2.49. The molecule has 188 valence electrons. The summed E-state index contributed by atoms with van der Waals surface area (Å²) in [5, 5.41) is 12.1. The van der Waals surface area contributed by atoms with Crippen LogP contribution in [-0.2, 0) is 19.7 Å². The number of nitrogens with zero attached hydrogens (tertiary/aromatic N) is 1. The van der Waals surface area contributed by atoms with Gasteiger partial charge in [-0.25, -0.2) is 4.79 Å². The molecule has 3 atom stereocenters. The molecular weight excluding hydrogens is 446 g/mol. The fraction of sp³-hybridized carbons (Fsp3) is 0.500. The Balaban J connectivity index is 2.00. The van der Waals surface area contributed by atoms with Crippen molar-refractivity contribution in [2.45, 2.75) is 64.3 Å². The number of amides is 1. The Morgan fingerprint density at radius 3 is 2.26 bits per heavy atom. The second kappa shape index (κ2) is 8.26. The molecule has 7 nitrogen and oxygen atoms in total. The van der Waals surface area contributed by atoms with Gasteiger partial charge in [0.05, 0.1) is 13.7 Å². The van der Waals surface area contributed by atoms with E-state index >= 15 is 0 Å². The van der Waals surface area contributed by atoms with Crippen LogP contribution in [0.3, 0.4) is 0 Å². The van der Waals surface area contributed by atoms with Gasteiger partial charge in [0.25, 0.3) is 0 Å². The molecule has 0 radical (unpaired) electrons. The molecule has 0 aliphatic carbocycles. The number of esters is 1. The SMILES string of the molecule is COC(=O)N1C[C@]2(O)Oc3cc(C(C)(C)C)ccc3[C@H](c3ccccc3)[C@]2(C(=O)OC(C)(C)C)C1. The summed E-state index contributed by atoms with van der Waals surface area (Å²) in [6.45, 7) is 11.3. The van der Waals surface area contributed by atoms with E-state index < -0.39 is 34.8 Å². The van der Waals surface area contributed by atoms with Crippen LogP contribution in [0.25, 0.3) is 0 Å². The summed E-state index contributed by atoms with van der Waals surface area (Å²) in [5.41, 5.74) is 0.00784. The second-order valence-corrected chi connectivity index (χ2v) is 11.5. The molecule has 0 spiro atoms. The third kappa shape index (κ3) is 4.16. The number of hydrogen-bond donors (Lipinski definition) is 1. The van der Waals surface area contributed by atoms with Crippen LogP contribution in [0.15, 0.2) is 48.5 Å². The summed E-state index contributed by atoms with van der Waals surface area (Å²) in [6.07, 6.45) is -0.648. The number of likely N-dealkylation sites (tertiary alicyclic amines) is 1. The zero-order chi connectivity index (χ0) is 25.8. The number of ether oxygens (including phenoxy) is 3. The van der Waals surface area contributed by atoms with Crippen molar-refractivity contribution in [3.63, 3.8) is 0 Å². The lowest BCUT2D eigenvalue weighted by Crippen LogP contribution is -2.62. The summed E-state index contributed by atoms with van der Waals surface area (Å²) >= 11 is 0. The fourth-order valence-corrected chi connectivity index (χ4v) is 5.17. The van der Waals surface area contributed by atoms with Gasteiger partial charge in [-0.3, -0.25) is 4.79 Å². The van der Waals surface area contributed by atoms with Crippen LogP contribution in [0.5, 0.6) is 5.75 Å². The molecule has 7 heteroatoms. The largest absolute Gasteiger partial charge is 0.459 e. The molecule has 0 aromatic heterocycles. The van der Waals surface area contributed by atoms with Crippen molar-refractivity contribution < 1.29 is 28.9 Å². The Hall–Kier alpha value is -3.06. The van der Waals surface area contributed by atoms with Crippen molar-refractivity contribution in [2.24, 2.45) is 5.41 Å². The molecule has 35 heavy (non-hydrogen) atoms. The molecule has 0 unspecified atom stereocenters. The van der Waals surface area contributed by atoms with Crippen LogP contribution in [0.4, 0.5) is 4.79 Å². The summed E-state index contributed by atoms with van der Waals surface area (Å²) in [5.74, 6) is -2.80. The molecule has 2 aliphatic rings. The van der Waals surface area contributed by atoms with E-state index in [2.05, 4.69) is 20.8 Å². The normalized spacial score (nSPS) is 25.8. The number of fused-ring (bicyclic) bond motifs is 2. The molecule has 2 heterocycles. The Morgan fingerprint density at radius 1 is 1.03 bits per heavy atom. The number of carbonyl (C=O) groups is 2. The maximum absolute atomic E-state index is 14.1. The van der Waals surface area contributed by atoms with E-state index in [4.69, 9.17) is 14.2 Å². The van der Waals surface area contributed by atoms with E-state index in [9.17, 15) is 14.7 Å². The standard InChI is InChI=1S/C28H35NO6/c1-25(2,3)19-13-14-20-21(15-19)34-28(32)17-29(24(31)33-7)16-27(28,23(30)35-26(4,5)6)22(20)18-11-9-8-10-12-18/h8-15,22,32H,16-17H2,1-7H3/t22-,27-,28-/m0/s1. The first kappa shape index (κ1) is 25.0. The van der Waals surface area contributed by atoms with Gasteiger partial charge in [0.15, 0.2) is 5.41 Å². The van der Waals surface area contributed by atoms with Gasteiger partial charge in [-0.15, -0.1) is 0 Å². The number of β-amino-alcohol motifs (C(OH)–C–C–N with tert-alkyl or cyclic N) is 1. The maximum Gasteiger partial charge on any atom is 0.409 e. The Morgan fingerprint density at radius 2 is 1.69 bits per heavy atom. The highest BCUT2D eigenvalue weighted by Crippen LogP contribution is 2.59. The quantitative estimate of drug-likeness (QED) is 0.631. The molecule has 0 saturated carbocycles. The van der Waals surface area contributed by atoms with Gasteiger partial charge in [0.2, 0.25) is 5.79 Å².